The van der Waals surface area contributed by atoms with E-state index >= 15 is 0 Å². The monoisotopic (exact) mass is 317 g/mol. The van der Waals surface area contributed by atoms with E-state index in [0.29, 0.717) is 13.0 Å². The highest BCUT2D eigenvalue weighted by molar-refractivity contribution is 6.32. The van der Waals surface area contributed by atoms with Gasteiger partial charge in [-0.2, -0.15) is 0 Å². The lowest BCUT2D eigenvalue weighted by Crippen LogP contribution is -2.47. The Bertz CT molecular complexity index is 501. The van der Waals surface area contributed by atoms with Crippen molar-refractivity contribution in [2.24, 2.45) is 0 Å². The molecule has 0 spiro atoms. The molecule has 0 saturated carbocycles. The number of carbonyl (C=O) groups excluding carboxylic acids is 1. The van der Waals surface area contributed by atoms with Gasteiger partial charge in [0.2, 0.25) is 0 Å². The molecule has 1 rings (SSSR count). The highest BCUT2D eigenvalue weighted by atomic mass is 35.5. The molecule has 110 valence electrons. The summed E-state index contributed by atoms with van der Waals surface area (Å²) < 4.78 is 5.25. The highest BCUT2D eigenvalue weighted by Gasteiger charge is 2.28. The van der Waals surface area contributed by atoms with E-state index in [1.807, 2.05) is 20.8 Å². The molecule has 0 saturated heterocycles. The molecule has 0 atom stereocenters. The molecule has 20 heavy (non-hydrogen) atoms. The molecular weight excluding hydrogens is 301 g/mol. The van der Waals surface area contributed by atoms with Gasteiger partial charge < -0.3 is 9.64 Å². The van der Waals surface area contributed by atoms with E-state index in [1.165, 1.54) is 6.07 Å². The largest absolute Gasteiger partial charge is 0.415 e. The Labute approximate surface area is 128 Å². The van der Waals surface area contributed by atoms with Crippen LogP contribution >= 0.6 is 23.2 Å². The van der Waals surface area contributed by atoms with Crippen LogP contribution in [0.2, 0.25) is 10.3 Å². The van der Waals surface area contributed by atoms with E-state index in [-0.39, 0.29) is 16.1 Å². The number of hydrogen-bond acceptors (Lipinski definition) is 4. The Kier molecular flexibility index (Phi) is 5.77. The first-order valence-corrected chi connectivity index (χ1v) is 6.80. The molecule has 0 N–H and O–H groups in total. The number of ether oxygens (including phenoxy) is 1. The third kappa shape index (κ3) is 4.65. The number of carbonyl (C=O) groups is 1. The molecule has 0 aromatic carbocycles. The van der Waals surface area contributed by atoms with Gasteiger partial charge in [-0.15, -0.1) is 16.8 Å². The Hall–Kier alpha value is -1.33. The summed E-state index contributed by atoms with van der Waals surface area (Å²) >= 11 is 11.5. The molecule has 0 aliphatic heterocycles. The lowest BCUT2D eigenvalue weighted by atomic mass is 10.1. The molecule has 1 amide bonds. The van der Waals surface area contributed by atoms with Crippen molar-refractivity contribution in [2.45, 2.75) is 32.7 Å². The van der Waals surface area contributed by atoms with Crippen molar-refractivity contribution in [1.29, 1.82) is 0 Å². The molecular formula is C13H17Cl2N3O2. The summed E-state index contributed by atoms with van der Waals surface area (Å²) in [6, 6.07) is 1.35. The Morgan fingerprint density at radius 1 is 1.45 bits per heavy atom. The van der Waals surface area contributed by atoms with Crippen LogP contribution in [0.25, 0.3) is 0 Å². The predicted molar refractivity (Wildman–Crippen MR) is 79.3 cm³/mol. The van der Waals surface area contributed by atoms with Crippen molar-refractivity contribution in [1.82, 2.24) is 15.1 Å². The van der Waals surface area contributed by atoms with E-state index in [9.17, 15) is 4.79 Å². The number of nitrogens with zero attached hydrogens (tertiary/aromatic N) is 3. The van der Waals surface area contributed by atoms with E-state index < -0.39 is 11.6 Å². The Balaban J connectivity index is 2.90. The van der Waals surface area contributed by atoms with Crippen molar-refractivity contribution in [3.05, 3.63) is 29.0 Å². The van der Waals surface area contributed by atoms with Gasteiger partial charge in [-0.25, -0.2) is 4.79 Å². The fraction of sp³-hybridized carbons (Fsp3) is 0.462. The smallest absolute Gasteiger partial charge is 0.407 e. The van der Waals surface area contributed by atoms with Gasteiger partial charge in [0.15, 0.2) is 16.1 Å². The van der Waals surface area contributed by atoms with E-state index in [4.69, 9.17) is 27.9 Å². The summed E-state index contributed by atoms with van der Waals surface area (Å²) in [6.45, 7) is 9.88. The number of hydrogen-bond donors (Lipinski definition) is 0. The summed E-state index contributed by atoms with van der Waals surface area (Å²) in [5.74, 6) is 0.0875. The van der Waals surface area contributed by atoms with Crippen LogP contribution in [0, 0.1) is 0 Å². The molecule has 0 aliphatic rings. The molecule has 0 aliphatic carbocycles. The van der Waals surface area contributed by atoms with Crippen LogP contribution in [-0.2, 0) is 0 Å². The Morgan fingerprint density at radius 3 is 2.65 bits per heavy atom. The van der Waals surface area contributed by atoms with Crippen LogP contribution < -0.4 is 4.74 Å². The maximum Gasteiger partial charge on any atom is 0.415 e. The highest BCUT2D eigenvalue weighted by Crippen LogP contribution is 2.25. The quantitative estimate of drug-likeness (QED) is 0.789. The standard InChI is InChI=1S/C13H17Cl2N3O2/c1-5-6-7-18(13(2,3)4)12(19)20-9-8-10(14)16-17-11(9)15/h5,8H,1,6-7H2,2-4H3. The minimum absolute atomic E-state index is 0.0136. The number of aromatic nitrogens is 2. The van der Waals surface area contributed by atoms with Crippen molar-refractivity contribution in [2.75, 3.05) is 6.54 Å². The minimum Gasteiger partial charge on any atom is -0.407 e. The van der Waals surface area contributed by atoms with Crippen LogP contribution in [0.3, 0.4) is 0 Å². The van der Waals surface area contributed by atoms with Crippen molar-refractivity contribution < 1.29 is 9.53 Å². The third-order valence-electron chi connectivity index (χ3n) is 2.47. The molecule has 1 aromatic heterocycles. The van der Waals surface area contributed by atoms with Crippen LogP contribution in [0.4, 0.5) is 4.79 Å². The SMILES string of the molecule is C=CCCN(C(=O)Oc1cc(Cl)nnc1Cl)C(C)(C)C. The van der Waals surface area contributed by atoms with Gasteiger partial charge in [-0.3, -0.25) is 0 Å². The first-order chi connectivity index (χ1) is 9.25. The fourth-order valence-electron chi connectivity index (χ4n) is 1.48. The number of rotatable bonds is 4. The second-order valence-corrected chi connectivity index (χ2v) is 5.84. The van der Waals surface area contributed by atoms with Gasteiger partial charge in [-0.05, 0) is 27.2 Å². The first-order valence-electron chi connectivity index (χ1n) is 6.04. The van der Waals surface area contributed by atoms with Crippen LogP contribution in [0.1, 0.15) is 27.2 Å². The summed E-state index contributed by atoms with van der Waals surface area (Å²) in [5.41, 5.74) is -0.392. The Morgan fingerprint density at radius 2 is 2.10 bits per heavy atom. The summed E-state index contributed by atoms with van der Waals surface area (Å²) in [4.78, 5) is 13.8. The summed E-state index contributed by atoms with van der Waals surface area (Å²) in [6.07, 6.45) is 1.88. The second kappa shape index (κ2) is 6.90. The topological polar surface area (TPSA) is 55.3 Å². The number of amides is 1. The average Bonchev–Trinajstić information content (AvgIpc) is 2.32. The molecule has 0 radical (unpaired) electrons. The maximum atomic E-state index is 12.2. The molecule has 0 bridgehead atoms. The van der Waals surface area contributed by atoms with E-state index in [1.54, 1.807) is 11.0 Å². The zero-order valence-electron chi connectivity index (χ0n) is 11.7. The van der Waals surface area contributed by atoms with Crippen LogP contribution in [0.5, 0.6) is 5.75 Å². The molecule has 1 heterocycles. The third-order valence-corrected chi connectivity index (χ3v) is 2.92. The molecule has 0 fully saturated rings. The molecule has 1 aromatic rings. The van der Waals surface area contributed by atoms with Crippen molar-refractivity contribution in [3.8, 4) is 5.75 Å². The lowest BCUT2D eigenvalue weighted by Gasteiger charge is -2.34. The van der Waals surface area contributed by atoms with Gasteiger partial charge >= 0.3 is 6.09 Å². The van der Waals surface area contributed by atoms with Crippen LogP contribution in [-0.4, -0.2) is 33.3 Å². The lowest BCUT2D eigenvalue weighted by molar-refractivity contribution is 0.108. The second-order valence-electron chi connectivity index (χ2n) is 5.09. The van der Waals surface area contributed by atoms with Gasteiger partial charge in [0.25, 0.3) is 0 Å². The van der Waals surface area contributed by atoms with E-state index in [2.05, 4.69) is 16.8 Å². The average molecular weight is 318 g/mol. The van der Waals surface area contributed by atoms with Crippen molar-refractivity contribution >= 4 is 29.3 Å². The normalized spacial score (nSPS) is 11.1. The van der Waals surface area contributed by atoms with Gasteiger partial charge in [0, 0.05) is 18.2 Å². The zero-order valence-corrected chi connectivity index (χ0v) is 13.2. The van der Waals surface area contributed by atoms with Crippen LogP contribution in [0.15, 0.2) is 18.7 Å². The molecule has 7 heteroatoms. The molecule has 0 unspecified atom stereocenters. The predicted octanol–water partition coefficient (Wildman–Crippen LogP) is 3.96. The zero-order chi connectivity index (χ0) is 15.3. The van der Waals surface area contributed by atoms with Gasteiger partial charge in [0.05, 0.1) is 0 Å². The van der Waals surface area contributed by atoms with Crippen molar-refractivity contribution in [3.63, 3.8) is 0 Å². The van der Waals surface area contributed by atoms with Gasteiger partial charge in [0.1, 0.15) is 0 Å². The molecule has 5 nitrogen and oxygen atoms in total. The maximum absolute atomic E-state index is 12.2. The number of halogens is 2. The summed E-state index contributed by atoms with van der Waals surface area (Å²) in [7, 11) is 0. The summed E-state index contributed by atoms with van der Waals surface area (Å²) in [5, 5.41) is 7.23. The first kappa shape index (κ1) is 16.7. The fourth-order valence-corrected chi connectivity index (χ4v) is 1.75. The minimum atomic E-state index is -0.523. The van der Waals surface area contributed by atoms with Gasteiger partial charge in [-0.1, -0.05) is 29.3 Å². The van der Waals surface area contributed by atoms with E-state index in [0.717, 1.165) is 0 Å².